The van der Waals surface area contributed by atoms with E-state index in [1.807, 2.05) is 16.8 Å². The average Bonchev–Trinajstić information content (AvgIpc) is 2.89. The molecule has 0 aliphatic heterocycles. The van der Waals surface area contributed by atoms with Crippen LogP contribution < -0.4 is 11.1 Å². The van der Waals surface area contributed by atoms with Gasteiger partial charge in [0.15, 0.2) is 0 Å². The van der Waals surface area contributed by atoms with Crippen molar-refractivity contribution in [2.75, 3.05) is 13.1 Å². The normalized spacial score (nSPS) is 12.3. The summed E-state index contributed by atoms with van der Waals surface area (Å²) in [7, 11) is 0. The van der Waals surface area contributed by atoms with Gasteiger partial charge in [-0.3, -0.25) is 4.79 Å². The second kappa shape index (κ2) is 9.08. The summed E-state index contributed by atoms with van der Waals surface area (Å²) in [4.78, 5) is 11.5. The van der Waals surface area contributed by atoms with Crippen LogP contribution in [0.5, 0.6) is 0 Å². The highest BCUT2D eigenvalue weighted by molar-refractivity contribution is 7.07. The summed E-state index contributed by atoms with van der Waals surface area (Å²) in [5.74, 6) is 0.0111. The molecule has 0 aliphatic rings. The van der Waals surface area contributed by atoms with Crippen molar-refractivity contribution in [3.63, 3.8) is 0 Å². The Bertz CT molecular complexity index is 328. The average molecular weight is 270 g/mol. The Kier molecular flexibility index (Phi) is 7.64. The summed E-state index contributed by atoms with van der Waals surface area (Å²) < 4.78 is 0. The zero-order valence-electron chi connectivity index (χ0n) is 10.6. The molecule has 102 valence electrons. The van der Waals surface area contributed by atoms with E-state index in [-0.39, 0.29) is 5.91 Å². The second-order valence-electron chi connectivity index (χ2n) is 4.33. The number of carbonyl (C=O) groups excluding carboxylic acids is 1. The first-order valence-electron chi connectivity index (χ1n) is 6.41. The zero-order chi connectivity index (χ0) is 13.2. The van der Waals surface area contributed by atoms with Crippen LogP contribution in [0.15, 0.2) is 16.8 Å². The monoisotopic (exact) mass is 270 g/mol. The zero-order valence-corrected chi connectivity index (χ0v) is 11.4. The third-order valence-corrected chi connectivity index (χ3v) is 3.48. The van der Waals surface area contributed by atoms with Crippen LogP contribution in [0.2, 0.25) is 0 Å². The molecule has 0 radical (unpaired) electrons. The molecule has 1 atom stereocenters. The maximum atomic E-state index is 11.5. The minimum absolute atomic E-state index is 0.0111. The topological polar surface area (TPSA) is 75.4 Å². The molecule has 0 aromatic carbocycles. The maximum absolute atomic E-state index is 11.5. The van der Waals surface area contributed by atoms with Crippen LogP contribution in [0.4, 0.5) is 0 Å². The molecule has 0 saturated heterocycles. The number of aliphatic hydroxyl groups is 1. The van der Waals surface area contributed by atoms with E-state index in [0.29, 0.717) is 13.0 Å². The van der Waals surface area contributed by atoms with E-state index < -0.39 is 6.10 Å². The standard InChI is InChI=1S/C13H22N2O2S/c14-7-4-2-1-3-5-13(17)15-9-12(16)11-6-8-18-10-11/h6,8,10,12,16H,1-5,7,9,14H2,(H,15,17). The predicted octanol–water partition coefficient (Wildman–Crippen LogP) is 1.81. The predicted molar refractivity (Wildman–Crippen MR) is 74.4 cm³/mol. The fourth-order valence-electron chi connectivity index (χ4n) is 1.66. The van der Waals surface area contributed by atoms with Crippen LogP contribution in [0, 0.1) is 0 Å². The molecular weight excluding hydrogens is 248 g/mol. The molecule has 4 N–H and O–H groups in total. The highest BCUT2D eigenvalue weighted by Gasteiger charge is 2.09. The van der Waals surface area contributed by atoms with Gasteiger partial charge in [0.1, 0.15) is 0 Å². The molecule has 5 heteroatoms. The molecule has 1 aromatic rings. The van der Waals surface area contributed by atoms with Crippen molar-refractivity contribution in [3.05, 3.63) is 22.4 Å². The van der Waals surface area contributed by atoms with E-state index in [0.717, 1.165) is 37.8 Å². The lowest BCUT2D eigenvalue weighted by molar-refractivity contribution is -0.121. The molecule has 1 unspecified atom stereocenters. The molecule has 0 fully saturated rings. The van der Waals surface area contributed by atoms with E-state index in [4.69, 9.17) is 5.73 Å². The number of thiophene rings is 1. The van der Waals surface area contributed by atoms with Gasteiger partial charge in [-0.2, -0.15) is 11.3 Å². The fraction of sp³-hybridized carbons (Fsp3) is 0.615. The quantitative estimate of drug-likeness (QED) is 0.599. The first-order valence-corrected chi connectivity index (χ1v) is 7.35. The van der Waals surface area contributed by atoms with E-state index in [1.165, 1.54) is 0 Å². The van der Waals surface area contributed by atoms with Crippen LogP contribution in [0.25, 0.3) is 0 Å². The van der Waals surface area contributed by atoms with E-state index >= 15 is 0 Å². The number of hydrogen-bond acceptors (Lipinski definition) is 4. The summed E-state index contributed by atoms with van der Waals surface area (Å²) in [6.45, 7) is 1.01. The Labute approximate surface area is 112 Å². The Morgan fingerprint density at radius 2 is 2.17 bits per heavy atom. The first kappa shape index (κ1) is 15.1. The Morgan fingerprint density at radius 1 is 1.39 bits per heavy atom. The van der Waals surface area contributed by atoms with Crippen molar-refractivity contribution in [1.29, 1.82) is 0 Å². The Morgan fingerprint density at radius 3 is 2.83 bits per heavy atom. The second-order valence-corrected chi connectivity index (χ2v) is 5.11. The van der Waals surface area contributed by atoms with Crippen molar-refractivity contribution >= 4 is 17.2 Å². The molecule has 4 nitrogen and oxygen atoms in total. The molecule has 1 heterocycles. The van der Waals surface area contributed by atoms with Crippen molar-refractivity contribution in [2.45, 2.75) is 38.2 Å². The lowest BCUT2D eigenvalue weighted by Gasteiger charge is -2.10. The Balaban J connectivity index is 2.06. The number of rotatable bonds is 9. The minimum Gasteiger partial charge on any atom is -0.387 e. The molecule has 1 amide bonds. The van der Waals surface area contributed by atoms with Crippen molar-refractivity contribution in [2.24, 2.45) is 5.73 Å². The van der Waals surface area contributed by atoms with Crippen molar-refractivity contribution in [1.82, 2.24) is 5.32 Å². The van der Waals surface area contributed by atoms with Gasteiger partial charge in [0.05, 0.1) is 6.10 Å². The molecule has 0 bridgehead atoms. The van der Waals surface area contributed by atoms with Gasteiger partial charge >= 0.3 is 0 Å². The third kappa shape index (κ3) is 6.14. The molecule has 18 heavy (non-hydrogen) atoms. The van der Waals surface area contributed by atoms with Gasteiger partial charge in [0.25, 0.3) is 0 Å². The first-order chi connectivity index (χ1) is 8.74. The number of unbranched alkanes of at least 4 members (excludes halogenated alkanes) is 3. The van der Waals surface area contributed by atoms with Crippen LogP contribution in [0.3, 0.4) is 0 Å². The number of carbonyl (C=O) groups is 1. The summed E-state index contributed by atoms with van der Waals surface area (Å²) >= 11 is 1.54. The molecule has 0 saturated carbocycles. The third-order valence-electron chi connectivity index (χ3n) is 2.78. The van der Waals surface area contributed by atoms with Crippen LogP contribution in [-0.4, -0.2) is 24.1 Å². The molecule has 0 aliphatic carbocycles. The smallest absolute Gasteiger partial charge is 0.220 e. The summed E-state index contributed by atoms with van der Waals surface area (Å²) in [6.07, 6.45) is 3.97. The van der Waals surface area contributed by atoms with Crippen LogP contribution in [0.1, 0.15) is 43.8 Å². The number of amides is 1. The highest BCUT2D eigenvalue weighted by atomic mass is 32.1. The molecule has 1 rings (SSSR count). The van der Waals surface area contributed by atoms with Gasteiger partial charge in [-0.1, -0.05) is 12.8 Å². The minimum atomic E-state index is -0.600. The molecular formula is C13H22N2O2S. The van der Waals surface area contributed by atoms with Gasteiger partial charge in [0.2, 0.25) is 5.91 Å². The van der Waals surface area contributed by atoms with Gasteiger partial charge in [0, 0.05) is 13.0 Å². The lowest BCUT2D eigenvalue weighted by atomic mass is 10.1. The number of aliphatic hydroxyl groups excluding tert-OH is 1. The summed E-state index contributed by atoms with van der Waals surface area (Å²) in [5, 5.41) is 16.3. The number of hydrogen-bond donors (Lipinski definition) is 3. The highest BCUT2D eigenvalue weighted by Crippen LogP contribution is 2.15. The Hall–Kier alpha value is -0.910. The summed E-state index contributed by atoms with van der Waals surface area (Å²) in [5.41, 5.74) is 6.26. The van der Waals surface area contributed by atoms with Crippen LogP contribution >= 0.6 is 11.3 Å². The molecule has 0 spiro atoms. The van der Waals surface area contributed by atoms with Gasteiger partial charge in [-0.25, -0.2) is 0 Å². The van der Waals surface area contributed by atoms with E-state index in [2.05, 4.69) is 5.32 Å². The SMILES string of the molecule is NCCCCCCC(=O)NCC(O)c1ccsc1. The maximum Gasteiger partial charge on any atom is 0.220 e. The fourth-order valence-corrected chi connectivity index (χ4v) is 2.37. The van der Waals surface area contributed by atoms with E-state index in [1.54, 1.807) is 11.3 Å². The number of nitrogens with one attached hydrogen (secondary N) is 1. The van der Waals surface area contributed by atoms with Crippen LogP contribution in [-0.2, 0) is 4.79 Å². The van der Waals surface area contributed by atoms with E-state index in [9.17, 15) is 9.90 Å². The van der Waals surface area contributed by atoms with Gasteiger partial charge in [-0.05, 0) is 41.8 Å². The number of nitrogens with two attached hydrogens (primary N) is 1. The van der Waals surface area contributed by atoms with Crippen molar-refractivity contribution in [3.8, 4) is 0 Å². The van der Waals surface area contributed by atoms with Gasteiger partial charge < -0.3 is 16.2 Å². The van der Waals surface area contributed by atoms with Gasteiger partial charge in [-0.15, -0.1) is 0 Å². The van der Waals surface area contributed by atoms with Crippen molar-refractivity contribution < 1.29 is 9.90 Å². The largest absolute Gasteiger partial charge is 0.387 e. The summed E-state index contributed by atoms with van der Waals surface area (Å²) in [6, 6.07) is 1.87. The molecule has 1 aromatic heterocycles. The lowest BCUT2D eigenvalue weighted by Crippen LogP contribution is -2.27.